The molecule has 0 saturated heterocycles. The Labute approximate surface area is 110 Å². The molecule has 2 aromatic rings. The van der Waals surface area contributed by atoms with Gasteiger partial charge in [0.05, 0.1) is 10.0 Å². The summed E-state index contributed by atoms with van der Waals surface area (Å²) in [5.74, 6) is 0. The molecule has 96 valence electrons. The van der Waals surface area contributed by atoms with E-state index in [1.165, 1.54) is 19.3 Å². The van der Waals surface area contributed by atoms with Gasteiger partial charge in [0.15, 0.2) is 5.69 Å². The molecule has 0 fully saturated rings. The van der Waals surface area contributed by atoms with Gasteiger partial charge in [-0.1, -0.05) is 23.2 Å². The molecule has 0 unspecified atom stereocenters. The van der Waals surface area contributed by atoms with Gasteiger partial charge in [-0.3, -0.25) is 4.98 Å². The number of rotatable bonds is 1. The number of nitrogens with zero attached hydrogens (tertiary/aromatic N) is 3. The molecule has 0 saturated carbocycles. The third-order valence-electron chi connectivity index (χ3n) is 2.22. The second-order valence-corrected chi connectivity index (χ2v) is 4.35. The number of hydrogen-bond donors (Lipinski definition) is 0. The third kappa shape index (κ3) is 2.30. The standard InChI is InChI=1S/C10H6Cl2F3N3/c1-5-2-8(10(13,14)15)17-18(5)9-6(11)3-16-4-7(9)12/h2-4H,1H3. The zero-order valence-corrected chi connectivity index (χ0v) is 10.5. The predicted molar refractivity (Wildman–Crippen MR) is 61.1 cm³/mol. The van der Waals surface area contributed by atoms with E-state index in [9.17, 15) is 13.2 Å². The maximum atomic E-state index is 12.5. The fourth-order valence-corrected chi connectivity index (χ4v) is 1.97. The molecule has 0 aliphatic heterocycles. The number of hydrogen-bond acceptors (Lipinski definition) is 2. The van der Waals surface area contributed by atoms with Crippen LogP contribution in [0.3, 0.4) is 0 Å². The van der Waals surface area contributed by atoms with Gasteiger partial charge in [-0.2, -0.15) is 18.3 Å². The lowest BCUT2D eigenvalue weighted by Gasteiger charge is -2.08. The highest BCUT2D eigenvalue weighted by molar-refractivity contribution is 6.37. The Morgan fingerprint density at radius 3 is 2.17 bits per heavy atom. The summed E-state index contributed by atoms with van der Waals surface area (Å²) in [4.78, 5) is 3.73. The molecule has 0 N–H and O–H groups in total. The Morgan fingerprint density at radius 1 is 1.17 bits per heavy atom. The van der Waals surface area contributed by atoms with Crippen LogP contribution in [-0.4, -0.2) is 14.8 Å². The molecule has 0 spiro atoms. The zero-order valence-electron chi connectivity index (χ0n) is 8.96. The van der Waals surface area contributed by atoms with Crippen molar-refractivity contribution in [1.29, 1.82) is 0 Å². The Bertz CT molecular complexity index is 572. The van der Waals surface area contributed by atoms with E-state index in [0.29, 0.717) is 0 Å². The van der Waals surface area contributed by atoms with E-state index in [4.69, 9.17) is 23.2 Å². The highest BCUT2D eigenvalue weighted by Crippen LogP contribution is 2.32. The van der Waals surface area contributed by atoms with E-state index >= 15 is 0 Å². The first-order valence-electron chi connectivity index (χ1n) is 4.74. The minimum atomic E-state index is -4.51. The summed E-state index contributed by atoms with van der Waals surface area (Å²) in [5.41, 5.74) is -0.539. The van der Waals surface area contributed by atoms with E-state index in [2.05, 4.69) is 10.1 Å². The van der Waals surface area contributed by atoms with Crippen LogP contribution in [0, 0.1) is 6.92 Å². The fraction of sp³-hybridized carbons (Fsp3) is 0.200. The quantitative estimate of drug-likeness (QED) is 0.799. The van der Waals surface area contributed by atoms with Crippen LogP contribution >= 0.6 is 23.2 Å². The molecular weight excluding hydrogens is 290 g/mol. The van der Waals surface area contributed by atoms with Crippen molar-refractivity contribution in [2.45, 2.75) is 13.1 Å². The molecule has 0 aromatic carbocycles. The molecule has 2 aromatic heterocycles. The van der Waals surface area contributed by atoms with Gasteiger partial charge in [0.25, 0.3) is 0 Å². The molecule has 0 bridgehead atoms. The molecule has 8 heteroatoms. The molecule has 0 atom stereocenters. The van der Waals surface area contributed by atoms with Gasteiger partial charge in [-0.05, 0) is 13.0 Å². The highest BCUT2D eigenvalue weighted by Gasteiger charge is 2.34. The molecule has 3 nitrogen and oxygen atoms in total. The van der Waals surface area contributed by atoms with Gasteiger partial charge in [-0.25, -0.2) is 4.68 Å². The van der Waals surface area contributed by atoms with Gasteiger partial charge in [0, 0.05) is 18.1 Å². The molecule has 2 rings (SSSR count). The summed E-state index contributed by atoms with van der Waals surface area (Å²) < 4.78 is 38.7. The van der Waals surface area contributed by atoms with E-state index in [1.54, 1.807) is 0 Å². The molecule has 2 heterocycles. The summed E-state index contributed by atoms with van der Waals surface area (Å²) in [6.07, 6.45) is -1.93. The first-order chi connectivity index (χ1) is 8.30. The van der Waals surface area contributed by atoms with Crippen molar-refractivity contribution in [1.82, 2.24) is 14.8 Å². The summed E-state index contributed by atoms with van der Waals surface area (Å²) in [6.45, 7) is 1.48. The molecule has 18 heavy (non-hydrogen) atoms. The van der Waals surface area contributed by atoms with Crippen LogP contribution < -0.4 is 0 Å². The maximum Gasteiger partial charge on any atom is 0.435 e. The molecule has 0 amide bonds. The van der Waals surface area contributed by atoms with Gasteiger partial charge < -0.3 is 0 Å². The maximum absolute atomic E-state index is 12.5. The van der Waals surface area contributed by atoms with Crippen molar-refractivity contribution in [2.75, 3.05) is 0 Å². The highest BCUT2D eigenvalue weighted by atomic mass is 35.5. The van der Waals surface area contributed by atoms with Gasteiger partial charge in [0.2, 0.25) is 0 Å². The molecule has 0 radical (unpaired) electrons. The van der Waals surface area contributed by atoms with Crippen molar-refractivity contribution in [2.24, 2.45) is 0 Å². The summed E-state index contributed by atoms with van der Waals surface area (Å²) in [6, 6.07) is 0.924. The van der Waals surface area contributed by atoms with Gasteiger partial charge >= 0.3 is 6.18 Å². The number of alkyl halides is 3. The molecular formula is C10H6Cl2F3N3. The lowest BCUT2D eigenvalue weighted by atomic mass is 10.3. The minimum Gasteiger partial charge on any atom is -0.261 e. The average molecular weight is 296 g/mol. The van der Waals surface area contributed by atoms with E-state index in [1.807, 2.05) is 0 Å². The molecule has 0 aliphatic rings. The van der Waals surface area contributed by atoms with Gasteiger partial charge in [-0.15, -0.1) is 0 Å². The van der Waals surface area contributed by atoms with Crippen LogP contribution in [0.1, 0.15) is 11.4 Å². The first-order valence-corrected chi connectivity index (χ1v) is 5.49. The average Bonchev–Trinajstić information content (AvgIpc) is 2.60. The fourth-order valence-electron chi connectivity index (χ4n) is 1.45. The lowest BCUT2D eigenvalue weighted by Crippen LogP contribution is -2.08. The van der Waals surface area contributed by atoms with Crippen LogP contribution in [0.4, 0.5) is 13.2 Å². The number of aryl methyl sites for hydroxylation is 1. The normalized spacial score (nSPS) is 11.9. The minimum absolute atomic E-state index is 0.127. The first kappa shape index (κ1) is 13.2. The summed E-state index contributed by atoms with van der Waals surface area (Å²) in [7, 11) is 0. The van der Waals surface area contributed by atoms with Crippen LogP contribution in [-0.2, 0) is 6.18 Å². The SMILES string of the molecule is Cc1cc(C(F)(F)F)nn1-c1c(Cl)cncc1Cl. The van der Waals surface area contributed by atoms with E-state index in [-0.39, 0.29) is 21.4 Å². The Hall–Kier alpha value is -1.27. The largest absolute Gasteiger partial charge is 0.435 e. The van der Waals surface area contributed by atoms with Crippen LogP contribution in [0.15, 0.2) is 18.5 Å². The number of pyridine rings is 1. The van der Waals surface area contributed by atoms with Crippen LogP contribution in [0.25, 0.3) is 5.69 Å². The predicted octanol–water partition coefficient (Wildman–Crippen LogP) is 3.90. The lowest BCUT2D eigenvalue weighted by molar-refractivity contribution is -0.141. The second-order valence-electron chi connectivity index (χ2n) is 3.53. The van der Waals surface area contributed by atoms with Crippen molar-refractivity contribution in [3.8, 4) is 5.69 Å². The number of aromatic nitrogens is 3. The van der Waals surface area contributed by atoms with Crippen molar-refractivity contribution in [3.05, 3.63) is 39.9 Å². The Kier molecular flexibility index (Phi) is 3.25. The van der Waals surface area contributed by atoms with E-state index < -0.39 is 11.9 Å². The van der Waals surface area contributed by atoms with Gasteiger partial charge in [0.1, 0.15) is 5.69 Å². The Balaban J connectivity index is 2.62. The zero-order chi connectivity index (χ0) is 13.5. The van der Waals surface area contributed by atoms with Crippen molar-refractivity contribution >= 4 is 23.2 Å². The van der Waals surface area contributed by atoms with Crippen LogP contribution in [0.2, 0.25) is 10.0 Å². The van der Waals surface area contributed by atoms with Crippen LogP contribution in [0.5, 0.6) is 0 Å². The third-order valence-corrected chi connectivity index (χ3v) is 2.77. The molecule has 0 aliphatic carbocycles. The summed E-state index contributed by atoms with van der Waals surface area (Å²) in [5, 5.41) is 3.72. The number of halogens is 5. The Morgan fingerprint density at radius 2 is 1.72 bits per heavy atom. The topological polar surface area (TPSA) is 30.7 Å². The van der Waals surface area contributed by atoms with Crippen molar-refractivity contribution < 1.29 is 13.2 Å². The summed E-state index contributed by atoms with van der Waals surface area (Å²) >= 11 is 11.7. The monoisotopic (exact) mass is 295 g/mol. The smallest absolute Gasteiger partial charge is 0.261 e. The second kappa shape index (κ2) is 4.44. The van der Waals surface area contributed by atoms with E-state index in [0.717, 1.165) is 10.7 Å². The van der Waals surface area contributed by atoms with Crippen molar-refractivity contribution in [3.63, 3.8) is 0 Å².